The average Bonchev–Trinajstić information content (AvgIpc) is 2.70. The summed E-state index contributed by atoms with van der Waals surface area (Å²) in [4.78, 5) is 46.5. The predicted molar refractivity (Wildman–Crippen MR) is 112 cm³/mol. The van der Waals surface area contributed by atoms with Gasteiger partial charge in [0, 0.05) is 19.7 Å². The smallest absolute Gasteiger partial charge is 0.332 e. The van der Waals surface area contributed by atoms with E-state index in [1.54, 1.807) is 20.9 Å². The lowest BCUT2D eigenvalue weighted by molar-refractivity contribution is -0.142. The Kier molecular flexibility index (Phi) is 5.88. The van der Waals surface area contributed by atoms with E-state index in [-0.39, 0.29) is 17.6 Å². The van der Waals surface area contributed by atoms with E-state index in [9.17, 15) is 14.4 Å². The number of thioether (sulfide) groups is 1. The highest BCUT2D eigenvalue weighted by atomic mass is 32.2. The van der Waals surface area contributed by atoms with E-state index < -0.39 is 22.5 Å². The number of rotatable bonds is 5. The van der Waals surface area contributed by atoms with Gasteiger partial charge in [-0.05, 0) is 26.8 Å². The molecular formula is C20H22N4O4S. The highest BCUT2D eigenvalue weighted by Crippen LogP contribution is 2.29. The number of hydrogen-bond donors (Lipinski definition) is 0. The standard InChI is InChI=1S/C20H22N4O4S/c1-6-28-19(26)12(3)29-17-14-16(23(4)20(27)24(5)18(14)25)21-15(22-17)13-9-7-8-11(2)10-13/h7-10,12H,6H2,1-5H3/t12-/m1/s1. The van der Waals surface area contributed by atoms with E-state index in [2.05, 4.69) is 9.97 Å². The van der Waals surface area contributed by atoms with Crippen LogP contribution in [-0.4, -0.2) is 36.9 Å². The molecule has 1 aromatic carbocycles. The van der Waals surface area contributed by atoms with Gasteiger partial charge in [0.2, 0.25) is 0 Å². The molecule has 0 aliphatic rings. The average molecular weight is 414 g/mol. The molecule has 0 N–H and O–H groups in total. The number of benzene rings is 1. The zero-order valence-electron chi connectivity index (χ0n) is 16.9. The van der Waals surface area contributed by atoms with Gasteiger partial charge in [-0.1, -0.05) is 35.5 Å². The lowest BCUT2D eigenvalue weighted by atomic mass is 10.1. The Morgan fingerprint density at radius 3 is 2.59 bits per heavy atom. The van der Waals surface area contributed by atoms with Gasteiger partial charge < -0.3 is 4.74 Å². The van der Waals surface area contributed by atoms with Crippen LogP contribution in [0.3, 0.4) is 0 Å². The van der Waals surface area contributed by atoms with Gasteiger partial charge in [-0.2, -0.15) is 0 Å². The molecule has 0 amide bonds. The molecule has 0 unspecified atom stereocenters. The van der Waals surface area contributed by atoms with Gasteiger partial charge in [-0.3, -0.25) is 18.7 Å². The van der Waals surface area contributed by atoms with E-state index in [0.717, 1.165) is 27.5 Å². The van der Waals surface area contributed by atoms with E-state index in [0.29, 0.717) is 10.9 Å². The molecule has 9 heteroatoms. The number of aromatic nitrogens is 4. The highest BCUT2D eigenvalue weighted by Gasteiger charge is 2.23. The molecule has 0 saturated carbocycles. The van der Waals surface area contributed by atoms with Crippen LogP contribution in [0.1, 0.15) is 19.4 Å². The summed E-state index contributed by atoms with van der Waals surface area (Å²) < 4.78 is 7.40. The monoisotopic (exact) mass is 414 g/mol. The Hall–Kier alpha value is -2.94. The molecule has 0 bridgehead atoms. The van der Waals surface area contributed by atoms with Crippen LogP contribution >= 0.6 is 11.8 Å². The third-order valence-corrected chi connectivity index (χ3v) is 5.51. The van der Waals surface area contributed by atoms with E-state index in [4.69, 9.17) is 4.74 Å². The fraction of sp³-hybridized carbons (Fsp3) is 0.350. The number of aryl methyl sites for hydroxylation is 2. The van der Waals surface area contributed by atoms with Crippen molar-refractivity contribution >= 4 is 28.8 Å². The number of esters is 1. The first-order chi connectivity index (χ1) is 13.7. The Bertz CT molecular complexity index is 1220. The molecule has 0 radical (unpaired) electrons. The SMILES string of the molecule is CCOC(=O)[C@@H](C)Sc1nc(-c2cccc(C)c2)nc2c1c(=O)n(C)c(=O)n2C. The van der Waals surface area contributed by atoms with Gasteiger partial charge in [0.05, 0.1) is 6.61 Å². The van der Waals surface area contributed by atoms with Gasteiger partial charge in [0.1, 0.15) is 15.7 Å². The van der Waals surface area contributed by atoms with Crippen LogP contribution in [-0.2, 0) is 23.6 Å². The number of hydrogen-bond acceptors (Lipinski definition) is 7. The minimum atomic E-state index is -0.583. The lowest BCUT2D eigenvalue weighted by Crippen LogP contribution is -2.37. The Morgan fingerprint density at radius 2 is 1.93 bits per heavy atom. The number of ether oxygens (including phenoxy) is 1. The maximum Gasteiger partial charge on any atom is 0.332 e. The van der Waals surface area contributed by atoms with Crippen molar-refractivity contribution in [2.45, 2.75) is 31.0 Å². The third kappa shape index (κ3) is 3.95. The second-order valence-corrected chi connectivity index (χ2v) is 7.97. The van der Waals surface area contributed by atoms with Crippen LogP contribution in [0.15, 0.2) is 38.9 Å². The van der Waals surface area contributed by atoms with Crippen LogP contribution in [0.25, 0.3) is 22.4 Å². The molecule has 0 aliphatic carbocycles. The summed E-state index contributed by atoms with van der Waals surface area (Å²) in [5, 5.41) is -0.0456. The molecule has 3 rings (SSSR count). The summed E-state index contributed by atoms with van der Waals surface area (Å²) in [6, 6.07) is 7.62. The fourth-order valence-electron chi connectivity index (χ4n) is 2.90. The number of fused-ring (bicyclic) bond motifs is 1. The first-order valence-corrected chi connectivity index (χ1v) is 10.0. The first kappa shape index (κ1) is 20.8. The van der Waals surface area contributed by atoms with Crippen molar-refractivity contribution in [2.75, 3.05) is 6.61 Å². The van der Waals surface area contributed by atoms with E-state index in [1.807, 2.05) is 31.2 Å². The van der Waals surface area contributed by atoms with Gasteiger partial charge in [0.25, 0.3) is 5.56 Å². The molecule has 0 saturated heterocycles. The zero-order chi connectivity index (χ0) is 21.3. The Balaban J connectivity index is 2.30. The van der Waals surface area contributed by atoms with Crippen molar-refractivity contribution in [3.05, 3.63) is 50.7 Å². The van der Waals surface area contributed by atoms with Crippen LogP contribution in [0.4, 0.5) is 0 Å². The summed E-state index contributed by atoms with van der Waals surface area (Å²) in [6.45, 7) is 5.64. The van der Waals surface area contributed by atoms with Crippen LogP contribution in [0.5, 0.6) is 0 Å². The van der Waals surface area contributed by atoms with Gasteiger partial charge in [-0.25, -0.2) is 14.8 Å². The topological polar surface area (TPSA) is 96.1 Å². The first-order valence-electron chi connectivity index (χ1n) is 9.12. The number of nitrogens with zero attached hydrogens (tertiary/aromatic N) is 4. The van der Waals surface area contributed by atoms with Crippen molar-refractivity contribution in [2.24, 2.45) is 14.1 Å². The van der Waals surface area contributed by atoms with Crippen molar-refractivity contribution in [1.29, 1.82) is 0 Å². The molecule has 29 heavy (non-hydrogen) atoms. The van der Waals surface area contributed by atoms with Gasteiger partial charge >= 0.3 is 11.7 Å². The van der Waals surface area contributed by atoms with Crippen LogP contribution in [0, 0.1) is 6.92 Å². The van der Waals surface area contributed by atoms with E-state index in [1.165, 1.54) is 11.6 Å². The molecule has 2 aromatic heterocycles. The molecule has 0 spiro atoms. The molecule has 8 nitrogen and oxygen atoms in total. The van der Waals surface area contributed by atoms with Crippen molar-refractivity contribution < 1.29 is 9.53 Å². The second-order valence-electron chi connectivity index (χ2n) is 6.64. The lowest BCUT2D eigenvalue weighted by Gasteiger charge is -2.14. The number of carbonyl (C=O) groups is 1. The van der Waals surface area contributed by atoms with E-state index >= 15 is 0 Å². The summed E-state index contributed by atoms with van der Waals surface area (Å²) in [5.74, 6) is -0.0222. The van der Waals surface area contributed by atoms with Crippen molar-refractivity contribution in [1.82, 2.24) is 19.1 Å². The third-order valence-electron chi connectivity index (χ3n) is 4.45. The predicted octanol–water partition coefficient (Wildman–Crippen LogP) is 2.05. The summed E-state index contributed by atoms with van der Waals surface area (Å²) >= 11 is 1.12. The minimum absolute atomic E-state index is 0.201. The molecule has 152 valence electrons. The van der Waals surface area contributed by atoms with Crippen LogP contribution < -0.4 is 11.2 Å². The maximum absolute atomic E-state index is 12.8. The second kappa shape index (κ2) is 8.20. The minimum Gasteiger partial charge on any atom is -0.465 e. The Labute approximate surface area is 171 Å². The molecule has 1 atom stereocenters. The zero-order valence-corrected chi connectivity index (χ0v) is 17.7. The molecule has 0 fully saturated rings. The Morgan fingerprint density at radius 1 is 1.21 bits per heavy atom. The molecule has 0 aliphatic heterocycles. The quantitative estimate of drug-likeness (QED) is 0.358. The summed E-state index contributed by atoms with van der Waals surface area (Å²) in [6.07, 6.45) is 0. The highest BCUT2D eigenvalue weighted by molar-refractivity contribution is 8.00. The van der Waals surface area contributed by atoms with Gasteiger partial charge in [0.15, 0.2) is 11.5 Å². The van der Waals surface area contributed by atoms with Crippen molar-refractivity contribution in [3.63, 3.8) is 0 Å². The number of carbonyl (C=O) groups excluding carboxylic acids is 1. The molecule has 2 heterocycles. The molecular weight excluding hydrogens is 392 g/mol. The largest absolute Gasteiger partial charge is 0.465 e. The molecule has 3 aromatic rings. The summed E-state index contributed by atoms with van der Waals surface area (Å²) in [5.41, 5.74) is 1.02. The van der Waals surface area contributed by atoms with Gasteiger partial charge in [-0.15, -0.1) is 0 Å². The van der Waals surface area contributed by atoms with Crippen LogP contribution in [0.2, 0.25) is 0 Å². The maximum atomic E-state index is 12.8. The summed E-state index contributed by atoms with van der Waals surface area (Å²) in [7, 11) is 2.96. The fourth-order valence-corrected chi connectivity index (χ4v) is 3.84. The normalized spacial score (nSPS) is 12.2. The van der Waals surface area contributed by atoms with Crippen molar-refractivity contribution in [3.8, 4) is 11.4 Å².